The summed E-state index contributed by atoms with van der Waals surface area (Å²) in [6.45, 7) is 2.20. The van der Waals surface area contributed by atoms with Gasteiger partial charge >= 0.3 is 11.9 Å². The quantitative estimate of drug-likeness (QED) is 0.790. The van der Waals surface area contributed by atoms with Crippen LogP contribution in [0.15, 0.2) is 30.5 Å². The van der Waals surface area contributed by atoms with Crippen molar-refractivity contribution < 1.29 is 19.8 Å². The van der Waals surface area contributed by atoms with E-state index >= 15 is 0 Å². The highest BCUT2D eigenvalue weighted by molar-refractivity contribution is 6.30. The molecule has 3 rings (SSSR count). The number of aliphatic carboxylic acids is 2. The fourth-order valence-electron chi connectivity index (χ4n) is 3.20. The van der Waals surface area contributed by atoms with Crippen LogP contribution in [0, 0.1) is 0 Å². The van der Waals surface area contributed by atoms with E-state index in [2.05, 4.69) is 21.8 Å². The van der Waals surface area contributed by atoms with Gasteiger partial charge in [-0.1, -0.05) is 18.0 Å². The summed E-state index contributed by atoms with van der Waals surface area (Å²) in [5.41, 5.74) is 0. The Bertz CT molecular complexity index is 605. The van der Waals surface area contributed by atoms with Gasteiger partial charge in [-0.05, 0) is 32.0 Å². The summed E-state index contributed by atoms with van der Waals surface area (Å²) >= 11 is 5.88. The number of piperazine rings is 1. The normalized spacial score (nSPS) is 23.0. The van der Waals surface area contributed by atoms with Crippen molar-refractivity contribution in [1.82, 2.24) is 9.88 Å². The molecule has 0 amide bonds. The number of carbonyl (C=O) groups is 2. The number of halogens is 1. The third-order valence-corrected chi connectivity index (χ3v) is 4.72. The number of likely N-dealkylation sites (N-methyl/N-ethyl adjacent to an activating group) is 1. The number of rotatable bonds is 3. The van der Waals surface area contributed by atoms with Crippen LogP contribution in [0.1, 0.15) is 19.3 Å². The minimum atomic E-state index is -1.26. The fraction of sp³-hybridized carbons (Fsp3) is 0.471. The zero-order chi connectivity index (χ0) is 18.4. The predicted molar refractivity (Wildman–Crippen MR) is 95.1 cm³/mol. The van der Waals surface area contributed by atoms with Crippen molar-refractivity contribution in [2.75, 3.05) is 25.0 Å². The molecule has 136 valence electrons. The van der Waals surface area contributed by atoms with Gasteiger partial charge in [0, 0.05) is 43.5 Å². The Morgan fingerprint density at radius 1 is 1.16 bits per heavy atom. The average Bonchev–Trinajstić information content (AvgIpc) is 2.54. The zero-order valence-corrected chi connectivity index (χ0v) is 14.8. The van der Waals surface area contributed by atoms with Gasteiger partial charge in [0.15, 0.2) is 0 Å². The molecule has 2 aliphatic rings. The minimum Gasteiger partial charge on any atom is -0.478 e. The molecule has 2 unspecified atom stereocenters. The van der Waals surface area contributed by atoms with Gasteiger partial charge in [-0.15, -0.1) is 0 Å². The smallest absolute Gasteiger partial charge is 0.328 e. The van der Waals surface area contributed by atoms with Gasteiger partial charge in [-0.3, -0.25) is 4.90 Å². The summed E-state index contributed by atoms with van der Waals surface area (Å²) in [5.74, 6) is -1.45. The van der Waals surface area contributed by atoms with Gasteiger partial charge in [0.2, 0.25) is 0 Å². The predicted octanol–water partition coefficient (Wildman–Crippen LogP) is 2.12. The van der Waals surface area contributed by atoms with Crippen molar-refractivity contribution in [3.05, 3.63) is 35.5 Å². The van der Waals surface area contributed by atoms with E-state index < -0.39 is 11.9 Å². The maximum Gasteiger partial charge on any atom is 0.328 e. The lowest BCUT2D eigenvalue weighted by atomic mass is 9.92. The molecule has 7 nitrogen and oxygen atoms in total. The summed E-state index contributed by atoms with van der Waals surface area (Å²) < 4.78 is 0. The average molecular weight is 368 g/mol. The molecule has 0 aliphatic carbocycles. The van der Waals surface area contributed by atoms with Crippen LogP contribution in [0.2, 0.25) is 5.02 Å². The number of anilines is 1. The number of hydrogen-bond acceptors (Lipinski definition) is 5. The van der Waals surface area contributed by atoms with Gasteiger partial charge in [-0.25, -0.2) is 14.6 Å². The molecule has 0 aromatic carbocycles. The molecule has 2 atom stereocenters. The van der Waals surface area contributed by atoms with E-state index in [9.17, 15) is 9.59 Å². The molecule has 1 aromatic heterocycles. The molecule has 2 saturated heterocycles. The molecule has 8 heteroatoms. The second-order valence-electron chi connectivity index (χ2n) is 6.15. The lowest BCUT2D eigenvalue weighted by Crippen LogP contribution is -2.59. The number of nitrogens with zero attached hydrogens (tertiary/aromatic N) is 3. The first-order chi connectivity index (χ1) is 11.9. The van der Waals surface area contributed by atoms with E-state index in [0.717, 1.165) is 18.9 Å². The second kappa shape index (κ2) is 8.82. The standard InChI is InChI=1S/C13H18ClN3.C4H4O4/c1-16-11-3-2-4-12(16)9-17(8-11)13-6-5-10(14)7-15-13;5-3(6)1-2-4(7)8/h5-7,11-12H,2-4,8-9H2,1H3;1-2H,(H,5,6)(H,7,8)/b;2-1+. The van der Waals surface area contributed by atoms with Gasteiger partial charge in [0.05, 0.1) is 5.02 Å². The lowest BCUT2D eigenvalue weighted by molar-refractivity contribution is -0.134. The van der Waals surface area contributed by atoms with Crippen LogP contribution in [-0.2, 0) is 9.59 Å². The van der Waals surface area contributed by atoms with E-state index in [4.69, 9.17) is 21.8 Å². The number of piperidine rings is 1. The summed E-state index contributed by atoms with van der Waals surface area (Å²) in [6.07, 6.45) is 6.87. The SMILES string of the molecule is CN1C2CCCC1CN(c1ccc(Cl)cn1)C2.O=C(O)/C=C/C(=O)O. The molecule has 0 saturated carbocycles. The summed E-state index contributed by atoms with van der Waals surface area (Å²) in [7, 11) is 2.27. The molecule has 3 heterocycles. The maximum atomic E-state index is 9.55. The Morgan fingerprint density at radius 2 is 1.72 bits per heavy atom. The van der Waals surface area contributed by atoms with Crippen molar-refractivity contribution in [1.29, 1.82) is 0 Å². The number of pyridine rings is 1. The van der Waals surface area contributed by atoms with Crippen LogP contribution in [-0.4, -0.2) is 64.3 Å². The molecule has 0 radical (unpaired) electrons. The minimum absolute atomic E-state index is 0.558. The number of aromatic nitrogens is 1. The third-order valence-electron chi connectivity index (χ3n) is 4.49. The van der Waals surface area contributed by atoms with E-state index in [-0.39, 0.29) is 0 Å². The highest BCUT2D eigenvalue weighted by Crippen LogP contribution is 2.29. The van der Waals surface area contributed by atoms with Crippen LogP contribution < -0.4 is 4.90 Å². The van der Waals surface area contributed by atoms with Gasteiger partial charge in [0.1, 0.15) is 5.82 Å². The molecule has 0 spiro atoms. The third kappa shape index (κ3) is 5.72. The molecule has 2 aliphatic heterocycles. The molecular formula is C17H22ClN3O4. The summed E-state index contributed by atoms with van der Waals surface area (Å²) in [4.78, 5) is 28.5. The molecule has 2 bridgehead atoms. The van der Waals surface area contributed by atoms with Crippen LogP contribution in [0.25, 0.3) is 0 Å². The Hall–Kier alpha value is -2.12. The first-order valence-corrected chi connectivity index (χ1v) is 8.47. The number of carboxylic acids is 2. The van der Waals surface area contributed by atoms with Crippen LogP contribution in [0.3, 0.4) is 0 Å². The summed E-state index contributed by atoms with van der Waals surface area (Å²) in [6, 6.07) is 5.35. The van der Waals surface area contributed by atoms with Crippen LogP contribution in [0.5, 0.6) is 0 Å². The van der Waals surface area contributed by atoms with Crippen LogP contribution >= 0.6 is 11.6 Å². The molecule has 1 aromatic rings. The van der Waals surface area contributed by atoms with Crippen molar-refractivity contribution in [3.8, 4) is 0 Å². The Morgan fingerprint density at radius 3 is 2.16 bits per heavy atom. The van der Waals surface area contributed by atoms with Crippen LogP contribution in [0.4, 0.5) is 5.82 Å². The zero-order valence-electron chi connectivity index (χ0n) is 14.0. The Balaban J connectivity index is 0.000000242. The first kappa shape index (κ1) is 19.2. The molecular weight excluding hydrogens is 346 g/mol. The molecule has 2 N–H and O–H groups in total. The van der Waals surface area contributed by atoms with E-state index in [1.807, 2.05) is 12.1 Å². The van der Waals surface area contributed by atoms with Crippen molar-refractivity contribution in [2.45, 2.75) is 31.3 Å². The van der Waals surface area contributed by atoms with E-state index in [1.54, 1.807) is 6.20 Å². The lowest BCUT2D eigenvalue weighted by Gasteiger charge is -2.48. The van der Waals surface area contributed by atoms with Crippen molar-refractivity contribution in [2.24, 2.45) is 0 Å². The Kier molecular flexibility index (Phi) is 6.78. The highest BCUT2D eigenvalue weighted by atomic mass is 35.5. The van der Waals surface area contributed by atoms with E-state index in [0.29, 0.717) is 29.3 Å². The summed E-state index contributed by atoms with van der Waals surface area (Å²) in [5, 5.41) is 16.3. The second-order valence-corrected chi connectivity index (χ2v) is 6.59. The topological polar surface area (TPSA) is 94.0 Å². The fourth-order valence-corrected chi connectivity index (χ4v) is 3.31. The molecule has 2 fully saturated rings. The largest absolute Gasteiger partial charge is 0.478 e. The van der Waals surface area contributed by atoms with Gasteiger partial charge in [0.25, 0.3) is 0 Å². The number of carboxylic acid groups (broad SMARTS) is 2. The van der Waals surface area contributed by atoms with Gasteiger partial charge < -0.3 is 15.1 Å². The van der Waals surface area contributed by atoms with Crippen molar-refractivity contribution in [3.63, 3.8) is 0 Å². The van der Waals surface area contributed by atoms with Gasteiger partial charge in [-0.2, -0.15) is 0 Å². The maximum absolute atomic E-state index is 9.55. The highest BCUT2D eigenvalue weighted by Gasteiger charge is 2.35. The monoisotopic (exact) mass is 367 g/mol. The van der Waals surface area contributed by atoms with Crippen molar-refractivity contribution >= 4 is 29.4 Å². The number of hydrogen-bond donors (Lipinski definition) is 2. The Labute approximate surface area is 151 Å². The first-order valence-electron chi connectivity index (χ1n) is 8.09. The van der Waals surface area contributed by atoms with E-state index in [1.165, 1.54) is 19.3 Å². The number of fused-ring (bicyclic) bond motifs is 2. The molecule has 25 heavy (non-hydrogen) atoms.